The Morgan fingerprint density at radius 2 is 1.95 bits per heavy atom. The summed E-state index contributed by atoms with van der Waals surface area (Å²) in [4.78, 5) is 28.5. The van der Waals surface area contributed by atoms with E-state index in [4.69, 9.17) is 5.10 Å². The molecule has 6 nitrogen and oxygen atoms in total. The summed E-state index contributed by atoms with van der Waals surface area (Å²) in [6.07, 6.45) is 0.819. The van der Waals surface area contributed by atoms with Crippen LogP contribution in [0.25, 0.3) is 16.9 Å². The van der Waals surface area contributed by atoms with E-state index in [0.29, 0.717) is 5.82 Å². The normalized spacial score (nSPS) is 16.2. The van der Waals surface area contributed by atoms with Crippen LogP contribution in [0.2, 0.25) is 0 Å². The molecule has 0 radical (unpaired) electrons. The molecule has 1 N–H and O–H groups in total. The van der Waals surface area contributed by atoms with Gasteiger partial charge in [-0.2, -0.15) is 16.4 Å². The van der Waals surface area contributed by atoms with Crippen LogP contribution in [0.15, 0.2) is 65.4 Å². The minimum absolute atomic E-state index is 0.0288. The average molecular weight is 545 g/mol. The number of carbonyl (C=O) groups excluding carboxylic acids is 2. The fourth-order valence-corrected chi connectivity index (χ4v) is 6.75. The van der Waals surface area contributed by atoms with E-state index >= 15 is 0 Å². The molecule has 2 aromatic heterocycles. The topological polar surface area (TPSA) is 67.2 Å². The predicted molar refractivity (Wildman–Crippen MR) is 157 cm³/mol. The molecule has 0 spiro atoms. The zero-order chi connectivity index (χ0) is 26.8. The van der Waals surface area contributed by atoms with Gasteiger partial charge in [-0.25, -0.2) is 4.68 Å². The van der Waals surface area contributed by atoms with Gasteiger partial charge in [0.25, 0.3) is 0 Å². The lowest BCUT2D eigenvalue weighted by molar-refractivity contribution is -0.123. The smallest absolute Gasteiger partial charge is 0.240 e. The van der Waals surface area contributed by atoms with Crippen molar-refractivity contribution in [2.45, 2.75) is 45.4 Å². The van der Waals surface area contributed by atoms with E-state index in [1.165, 1.54) is 0 Å². The fourth-order valence-electron chi connectivity index (χ4n) is 4.79. The first-order valence-corrected chi connectivity index (χ1v) is 14.9. The second kappa shape index (κ2) is 11.2. The maximum absolute atomic E-state index is 13.7. The molecule has 0 bridgehead atoms. The molecule has 5 rings (SSSR count). The number of benzene rings is 2. The average Bonchev–Trinajstić information content (AvgIpc) is 3.54. The molecule has 3 heterocycles. The maximum atomic E-state index is 13.7. The molecule has 1 aliphatic rings. The van der Waals surface area contributed by atoms with Crippen LogP contribution in [0.4, 0.5) is 5.82 Å². The van der Waals surface area contributed by atoms with Gasteiger partial charge < -0.3 is 5.32 Å². The molecule has 1 aliphatic heterocycles. The third kappa shape index (κ3) is 5.15. The number of anilines is 1. The first kappa shape index (κ1) is 26.3. The van der Waals surface area contributed by atoms with Crippen LogP contribution in [0.3, 0.4) is 0 Å². The SMILES string of the molecule is CC[C@H](C)NC(=O)CN1C(=O)CS[C@@H](c2ccsc2)c2c(-c3ccccc3)nn(-c3ccc(C)cc3C)c21. The standard InChI is InChI=1S/C30H32N4O2S2/c1-5-21(4)31-25(35)16-33-26(36)18-38-29(23-13-14-37-17-23)27-28(22-9-7-6-8-10-22)32-34(30(27)33)24-12-11-19(2)15-20(24)3/h6-15,17,21,29H,5,16,18H2,1-4H3,(H,31,35)/t21-,29-/m0/s1. The van der Waals surface area contributed by atoms with E-state index in [0.717, 1.165) is 45.6 Å². The number of hydrogen-bond donors (Lipinski definition) is 1. The first-order valence-electron chi connectivity index (χ1n) is 12.9. The number of aromatic nitrogens is 2. The minimum Gasteiger partial charge on any atom is -0.352 e. The minimum atomic E-state index is -0.174. The van der Waals surface area contributed by atoms with Gasteiger partial charge in [0.05, 0.1) is 22.4 Å². The Hall–Kier alpha value is -3.36. The number of nitrogens with zero attached hydrogens (tertiary/aromatic N) is 3. The third-order valence-electron chi connectivity index (χ3n) is 6.88. The van der Waals surface area contributed by atoms with Crippen LogP contribution in [0, 0.1) is 13.8 Å². The van der Waals surface area contributed by atoms with E-state index < -0.39 is 0 Å². The van der Waals surface area contributed by atoms with Gasteiger partial charge in [-0.05, 0) is 61.2 Å². The van der Waals surface area contributed by atoms with E-state index in [2.05, 4.69) is 60.3 Å². The summed E-state index contributed by atoms with van der Waals surface area (Å²) >= 11 is 3.24. The highest BCUT2D eigenvalue weighted by Crippen LogP contribution is 2.49. The van der Waals surface area contributed by atoms with Gasteiger partial charge in [0.2, 0.25) is 11.8 Å². The van der Waals surface area contributed by atoms with Crippen LogP contribution >= 0.6 is 23.1 Å². The van der Waals surface area contributed by atoms with E-state index in [1.807, 2.05) is 42.8 Å². The lowest BCUT2D eigenvalue weighted by Gasteiger charge is -2.24. The maximum Gasteiger partial charge on any atom is 0.240 e. The number of nitrogens with one attached hydrogen (secondary N) is 1. The molecule has 8 heteroatoms. The molecular weight excluding hydrogens is 512 g/mol. The van der Waals surface area contributed by atoms with Gasteiger partial charge >= 0.3 is 0 Å². The van der Waals surface area contributed by atoms with Gasteiger partial charge in [0.15, 0.2) is 0 Å². The molecular formula is C30H32N4O2S2. The van der Waals surface area contributed by atoms with Crippen LogP contribution in [0.1, 0.15) is 47.8 Å². The quantitative estimate of drug-likeness (QED) is 0.296. The number of aryl methyl sites for hydroxylation is 2. The van der Waals surface area contributed by atoms with Crippen molar-refractivity contribution >= 4 is 40.7 Å². The Morgan fingerprint density at radius 3 is 2.63 bits per heavy atom. The Balaban J connectivity index is 1.78. The summed E-state index contributed by atoms with van der Waals surface area (Å²) in [6, 6.07) is 18.5. The Morgan fingerprint density at radius 1 is 1.16 bits per heavy atom. The highest BCUT2D eigenvalue weighted by molar-refractivity contribution is 8.00. The summed E-state index contributed by atoms with van der Waals surface area (Å²) in [5, 5.41) is 12.3. The van der Waals surface area contributed by atoms with Crippen molar-refractivity contribution in [3.63, 3.8) is 0 Å². The largest absolute Gasteiger partial charge is 0.352 e. The van der Waals surface area contributed by atoms with Crippen LogP contribution in [0.5, 0.6) is 0 Å². The summed E-state index contributed by atoms with van der Waals surface area (Å²) in [5.74, 6) is 0.666. The number of hydrogen-bond acceptors (Lipinski definition) is 5. The number of amides is 2. The highest BCUT2D eigenvalue weighted by atomic mass is 32.2. The predicted octanol–water partition coefficient (Wildman–Crippen LogP) is 6.30. The highest BCUT2D eigenvalue weighted by Gasteiger charge is 2.38. The summed E-state index contributed by atoms with van der Waals surface area (Å²) in [5.41, 5.74) is 7.00. The number of fused-ring (bicyclic) bond motifs is 1. The van der Waals surface area contributed by atoms with Crippen molar-refractivity contribution in [3.05, 3.63) is 87.6 Å². The lowest BCUT2D eigenvalue weighted by atomic mass is 10.0. The molecule has 2 amide bonds. The van der Waals surface area contributed by atoms with Gasteiger partial charge in [0, 0.05) is 17.2 Å². The third-order valence-corrected chi connectivity index (χ3v) is 8.84. The molecule has 196 valence electrons. The van der Waals surface area contributed by atoms with E-state index in [-0.39, 0.29) is 35.4 Å². The van der Waals surface area contributed by atoms with Gasteiger partial charge in [-0.15, -0.1) is 11.8 Å². The van der Waals surface area contributed by atoms with Crippen molar-refractivity contribution < 1.29 is 9.59 Å². The van der Waals surface area contributed by atoms with Crippen LogP contribution in [-0.4, -0.2) is 39.9 Å². The number of carbonyl (C=O) groups is 2. The Kier molecular flexibility index (Phi) is 7.72. The van der Waals surface area contributed by atoms with Gasteiger partial charge in [0.1, 0.15) is 12.4 Å². The number of rotatable bonds is 7. The number of thiophene rings is 1. The van der Waals surface area contributed by atoms with Crippen LogP contribution in [-0.2, 0) is 9.59 Å². The molecule has 0 saturated carbocycles. The van der Waals surface area contributed by atoms with Gasteiger partial charge in [-0.3, -0.25) is 14.5 Å². The molecule has 2 atom stereocenters. The fraction of sp³-hybridized carbons (Fsp3) is 0.300. The van der Waals surface area contributed by atoms with E-state index in [1.54, 1.807) is 28.0 Å². The van der Waals surface area contributed by atoms with Crippen molar-refractivity contribution in [2.75, 3.05) is 17.2 Å². The summed E-state index contributed by atoms with van der Waals surface area (Å²) in [7, 11) is 0. The zero-order valence-corrected chi connectivity index (χ0v) is 23.7. The number of thioether (sulfide) groups is 1. The molecule has 0 fully saturated rings. The van der Waals surface area contributed by atoms with Crippen molar-refractivity contribution in [1.82, 2.24) is 15.1 Å². The molecule has 4 aromatic rings. The second-order valence-corrected chi connectivity index (χ2v) is 11.6. The van der Waals surface area contributed by atoms with E-state index in [9.17, 15) is 9.59 Å². The molecule has 2 aromatic carbocycles. The Labute approximate surface area is 232 Å². The van der Waals surface area contributed by atoms with Gasteiger partial charge in [-0.1, -0.05) is 55.0 Å². The molecule has 0 saturated heterocycles. The lowest BCUT2D eigenvalue weighted by Crippen LogP contribution is -2.44. The zero-order valence-electron chi connectivity index (χ0n) is 22.1. The molecule has 0 aliphatic carbocycles. The van der Waals surface area contributed by atoms with Crippen molar-refractivity contribution in [1.29, 1.82) is 0 Å². The van der Waals surface area contributed by atoms with Crippen molar-refractivity contribution in [2.24, 2.45) is 0 Å². The second-order valence-electron chi connectivity index (χ2n) is 9.76. The van der Waals surface area contributed by atoms with Crippen molar-refractivity contribution in [3.8, 4) is 16.9 Å². The molecule has 0 unspecified atom stereocenters. The summed E-state index contributed by atoms with van der Waals surface area (Å²) < 4.78 is 1.88. The Bertz CT molecular complexity index is 1450. The first-order chi connectivity index (χ1) is 18.4. The summed E-state index contributed by atoms with van der Waals surface area (Å²) in [6.45, 7) is 8.07. The molecule has 38 heavy (non-hydrogen) atoms. The monoisotopic (exact) mass is 544 g/mol. The van der Waals surface area contributed by atoms with Crippen LogP contribution < -0.4 is 10.2 Å².